The molecule has 0 bridgehead atoms. The maximum Gasteiger partial charge on any atom is 0.226 e. The predicted octanol–water partition coefficient (Wildman–Crippen LogP) is 5.10. The molecule has 0 aliphatic carbocycles. The lowest BCUT2D eigenvalue weighted by Gasteiger charge is -2.41. The fraction of sp³-hybridized carbons (Fsp3) is 0.519. The number of amides is 1. The first-order chi connectivity index (χ1) is 15.6. The van der Waals surface area contributed by atoms with E-state index in [0.29, 0.717) is 6.42 Å². The smallest absolute Gasteiger partial charge is 0.226 e. The molecular weight excluding hydrogens is 410 g/mol. The van der Waals surface area contributed by atoms with Crippen LogP contribution in [0, 0.1) is 6.92 Å². The Morgan fingerprint density at radius 3 is 2.79 bits per heavy atom. The number of likely N-dealkylation sites (tertiary alicyclic amines) is 1. The fourth-order valence-corrected chi connectivity index (χ4v) is 5.43. The van der Waals surface area contributed by atoms with Gasteiger partial charge in [0.15, 0.2) is 0 Å². The van der Waals surface area contributed by atoms with Crippen LogP contribution >= 0.6 is 0 Å². The molecule has 6 heteroatoms. The Labute approximate surface area is 197 Å². The van der Waals surface area contributed by atoms with E-state index in [1.165, 1.54) is 5.57 Å². The van der Waals surface area contributed by atoms with Crippen molar-refractivity contribution in [2.45, 2.75) is 77.3 Å². The Morgan fingerprint density at radius 1 is 1.21 bits per heavy atom. The molecule has 2 aromatic heterocycles. The Morgan fingerprint density at radius 2 is 2.03 bits per heavy atom. The van der Waals surface area contributed by atoms with E-state index in [1.807, 2.05) is 36.1 Å². The van der Waals surface area contributed by atoms with E-state index in [9.17, 15) is 4.79 Å². The molecule has 176 valence electrons. The zero-order chi connectivity index (χ0) is 23.6. The summed E-state index contributed by atoms with van der Waals surface area (Å²) in [7, 11) is 0. The van der Waals surface area contributed by atoms with Crippen molar-refractivity contribution in [3.8, 4) is 0 Å². The van der Waals surface area contributed by atoms with Gasteiger partial charge in [-0.1, -0.05) is 23.8 Å². The molecule has 4 rings (SSSR count). The van der Waals surface area contributed by atoms with Crippen LogP contribution in [0.1, 0.15) is 70.6 Å². The minimum Gasteiger partial charge on any atom is -0.342 e. The Bertz CT molecular complexity index is 1040. The molecule has 2 aliphatic heterocycles. The number of piperidine rings is 1. The van der Waals surface area contributed by atoms with Crippen molar-refractivity contribution in [3.05, 3.63) is 59.4 Å². The standard InChI is InChI=1S/C27H37N5O/c1-19-9-7-13-28-25(19)30-23-12-6-11-22(29-23)21-10-8-14-32(18-21)24(33)15-20-16-26(2,3)31-27(4,5)17-20/h6-7,9,11-13,16,21,31H,8,10,14-15,17-18H2,1-5H3,(H,28,29,30)/t21-/m0/s1. The third-order valence-corrected chi connectivity index (χ3v) is 6.49. The number of carbonyl (C=O) groups is 1. The fourth-order valence-electron chi connectivity index (χ4n) is 5.43. The van der Waals surface area contributed by atoms with Gasteiger partial charge in [-0.2, -0.15) is 0 Å². The van der Waals surface area contributed by atoms with Gasteiger partial charge in [0.2, 0.25) is 5.91 Å². The zero-order valence-electron chi connectivity index (χ0n) is 20.6. The second kappa shape index (κ2) is 9.26. The summed E-state index contributed by atoms with van der Waals surface area (Å²) in [6.07, 6.45) is 7.50. The molecule has 1 atom stereocenters. The van der Waals surface area contributed by atoms with Crippen LogP contribution in [0.25, 0.3) is 0 Å². The molecule has 2 aliphatic rings. The number of nitrogens with one attached hydrogen (secondary N) is 2. The molecule has 1 saturated heterocycles. The molecular formula is C27H37N5O. The van der Waals surface area contributed by atoms with Gasteiger partial charge in [0.05, 0.1) is 0 Å². The average molecular weight is 448 g/mol. The summed E-state index contributed by atoms with van der Waals surface area (Å²) in [5.41, 5.74) is 3.27. The van der Waals surface area contributed by atoms with Gasteiger partial charge in [-0.25, -0.2) is 9.97 Å². The molecule has 0 unspecified atom stereocenters. The zero-order valence-corrected chi connectivity index (χ0v) is 20.6. The minimum absolute atomic E-state index is 0.00161. The van der Waals surface area contributed by atoms with E-state index in [-0.39, 0.29) is 22.9 Å². The molecule has 0 spiro atoms. The van der Waals surface area contributed by atoms with Crippen LogP contribution in [0.3, 0.4) is 0 Å². The second-order valence-electron chi connectivity index (χ2n) is 10.8. The third kappa shape index (κ3) is 5.99. The lowest BCUT2D eigenvalue weighted by atomic mass is 9.82. The lowest BCUT2D eigenvalue weighted by molar-refractivity contribution is -0.131. The largest absolute Gasteiger partial charge is 0.342 e. The van der Waals surface area contributed by atoms with Gasteiger partial charge in [-0.05, 0) is 77.6 Å². The summed E-state index contributed by atoms with van der Waals surface area (Å²) in [5, 5.41) is 6.99. The second-order valence-corrected chi connectivity index (χ2v) is 10.8. The highest BCUT2D eigenvalue weighted by Gasteiger charge is 2.34. The van der Waals surface area contributed by atoms with Gasteiger partial charge in [-0.15, -0.1) is 0 Å². The minimum atomic E-state index is -0.0921. The molecule has 0 saturated carbocycles. The number of anilines is 2. The normalized spacial score (nSPS) is 21.9. The van der Waals surface area contributed by atoms with Crippen molar-refractivity contribution in [2.75, 3.05) is 18.4 Å². The highest BCUT2D eigenvalue weighted by atomic mass is 16.2. The molecule has 33 heavy (non-hydrogen) atoms. The van der Waals surface area contributed by atoms with Crippen molar-refractivity contribution in [1.29, 1.82) is 0 Å². The van der Waals surface area contributed by atoms with Crippen LogP contribution in [0.5, 0.6) is 0 Å². The highest BCUT2D eigenvalue weighted by molar-refractivity contribution is 5.79. The summed E-state index contributed by atoms with van der Waals surface area (Å²) >= 11 is 0. The molecule has 6 nitrogen and oxygen atoms in total. The van der Waals surface area contributed by atoms with Crippen LogP contribution in [0.4, 0.5) is 11.6 Å². The quantitative estimate of drug-likeness (QED) is 0.624. The van der Waals surface area contributed by atoms with Crippen LogP contribution < -0.4 is 10.6 Å². The van der Waals surface area contributed by atoms with Crippen LogP contribution in [0.15, 0.2) is 48.2 Å². The molecule has 2 aromatic rings. The van der Waals surface area contributed by atoms with Crippen molar-refractivity contribution in [1.82, 2.24) is 20.2 Å². The summed E-state index contributed by atoms with van der Waals surface area (Å²) in [5.74, 6) is 2.10. The summed E-state index contributed by atoms with van der Waals surface area (Å²) < 4.78 is 0. The van der Waals surface area contributed by atoms with E-state index < -0.39 is 0 Å². The number of carbonyl (C=O) groups excluding carboxylic acids is 1. The number of hydrogen-bond acceptors (Lipinski definition) is 5. The first-order valence-corrected chi connectivity index (χ1v) is 12.0. The monoisotopic (exact) mass is 447 g/mol. The Balaban J connectivity index is 1.43. The summed E-state index contributed by atoms with van der Waals surface area (Å²) in [4.78, 5) is 24.6. The predicted molar refractivity (Wildman–Crippen MR) is 134 cm³/mol. The first kappa shape index (κ1) is 23.4. The maximum atomic E-state index is 13.2. The maximum absolute atomic E-state index is 13.2. The third-order valence-electron chi connectivity index (χ3n) is 6.49. The number of rotatable bonds is 5. The van der Waals surface area contributed by atoms with Gasteiger partial charge >= 0.3 is 0 Å². The average Bonchev–Trinajstić information content (AvgIpc) is 2.73. The molecule has 0 radical (unpaired) electrons. The molecule has 1 amide bonds. The molecule has 2 N–H and O–H groups in total. The van der Waals surface area contributed by atoms with Crippen molar-refractivity contribution >= 4 is 17.5 Å². The van der Waals surface area contributed by atoms with Crippen molar-refractivity contribution in [3.63, 3.8) is 0 Å². The number of hydrogen-bond donors (Lipinski definition) is 2. The molecule has 1 fully saturated rings. The summed E-state index contributed by atoms with van der Waals surface area (Å²) in [6.45, 7) is 12.4. The number of aryl methyl sites for hydroxylation is 1. The van der Waals surface area contributed by atoms with Crippen LogP contribution in [-0.2, 0) is 4.79 Å². The van der Waals surface area contributed by atoms with E-state index in [4.69, 9.17) is 4.98 Å². The topological polar surface area (TPSA) is 70.2 Å². The van der Waals surface area contributed by atoms with E-state index in [1.54, 1.807) is 6.20 Å². The first-order valence-electron chi connectivity index (χ1n) is 12.0. The van der Waals surface area contributed by atoms with Crippen molar-refractivity contribution in [2.24, 2.45) is 0 Å². The lowest BCUT2D eigenvalue weighted by Crippen LogP contribution is -2.54. The van der Waals surface area contributed by atoms with Gasteiger partial charge in [0, 0.05) is 48.4 Å². The molecule has 0 aromatic carbocycles. The van der Waals surface area contributed by atoms with Crippen molar-refractivity contribution < 1.29 is 4.79 Å². The highest BCUT2D eigenvalue weighted by Crippen LogP contribution is 2.32. The van der Waals surface area contributed by atoms with E-state index >= 15 is 0 Å². The van der Waals surface area contributed by atoms with Gasteiger partial charge < -0.3 is 15.5 Å². The summed E-state index contributed by atoms with van der Waals surface area (Å²) in [6, 6.07) is 10.0. The Kier molecular flexibility index (Phi) is 6.57. The Hall–Kier alpha value is -2.73. The number of aromatic nitrogens is 2. The van der Waals surface area contributed by atoms with Crippen LogP contribution in [0.2, 0.25) is 0 Å². The van der Waals surface area contributed by atoms with E-state index in [2.05, 4.69) is 55.5 Å². The SMILES string of the molecule is Cc1cccnc1Nc1cccc([C@H]2CCCN(C(=O)CC3=CC(C)(C)NC(C)(C)C3)C2)n1. The number of nitrogens with zero attached hydrogens (tertiary/aromatic N) is 3. The van der Waals surface area contributed by atoms with Crippen LogP contribution in [-0.4, -0.2) is 44.9 Å². The van der Waals surface area contributed by atoms with E-state index in [0.717, 1.165) is 55.2 Å². The van der Waals surface area contributed by atoms with Gasteiger partial charge in [0.25, 0.3) is 0 Å². The van der Waals surface area contributed by atoms with Gasteiger partial charge in [0.1, 0.15) is 11.6 Å². The van der Waals surface area contributed by atoms with Gasteiger partial charge in [-0.3, -0.25) is 4.79 Å². The number of pyridine rings is 2. The molecule has 4 heterocycles.